The molecule has 0 radical (unpaired) electrons. The molecule has 108 valence electrons. The topological polar surface area (TPSA) is 21.3 Å². The maximum absolute atomic E-state index is 5.50. The van der Waals surface area contributed by atoms with Crippen LogP contribution in [-0.2, 0) is 4.74 Å². The Kier molecular flexibility index (Phi) is 8.97. The lowest BCUT2D eigenvalue weighted by Crippen LogP contribution is -2.22. The molecular formula is C16H27NOS. The van der Waals surface area contributed by atoms with E-state index in [2.05, 4.69) is 44.3 Å². The molecule has 1 N–H and O–H groups in total. The maximum Gasteiger partial charge on any atom is 0.0590 e. The molecule has 0 bridgehead atoms. The van der Waals surface area contributed by atoms with Crippen molar-refractivity contribution >= 4 is 11.8 Å². The summed E-state index contributed by atoms with van der Waals surface area (Å²) in [5.41, 5.74) is 2.71. The third-order valence-corrected chi connectivity index (χ3v) is 4.10. The Hall–Kier alpha value is -0.510. The van der Waals surface area contributed by atoms with E-state index in [1.807, 2.05) is 11.8 Å². The second-order valence-corrected chi connectivity index (χ2v) is 5.97. The SMILES string of the molecule is CCCCOCCNCCSc1cc(C)ccc1C. The molecule has 1 rings (SSSR count). The zero-order valence-electron chi connectivity index (χ0n) is 12.5. The Morgan fingerprint density at radius 2 is 2.00 bits per heavy atom. The molecule has 0 fully saturated rings. The van der Waals surface area contributed by atoms with Gasteiger partial charge in [-0.05, 0) is 31.9 Å². The lowest BCUT2D eigenvalue weighted by molar-refractivity contribution is 0.133. The van der Waals surface area contributed by atoms with Crippen molar-refractivity contribution in [3.8, 4) is 0 Å². The Morgan fingerprint density at radius 3 is 2.79 bits per heavy atom. The molecule has 2 nitrogen and oxygen atoms in total. The van der Waals surface area contributed by atoms with Crippen molar-refractivity contribution < 1.29 is 4.74 Å². The minimum atomic E-state index is 0.828. The van der Waals surface area contributed by atoms with Crippen LogP contribution in [-0.4, -0.2) is 32.1 Å². The average Bonchev–Trinajstić information content (AvgIpc) is 2.40. The fourth-order valence-corrected chi connectivity index (χ4v) is 2.75. The van der Waals surface area contributed by atoms with Gasteiger partial charge in [-0.2, -0.15) is 0 Å². The van der Waals surface area contributed by atoms with Gasteiger partial charge in [0.1, 0.15) is 0 Å². The molecule has 0 heterocycles. The van der Waals surface area contributed by atoms with Gasteiger partial charge in [-0.15, -0.1) is 11.8 Å². The van der Waals surface area contributed by atoms with Gasteiger partial charge in [0.2, 0.25) is 0 Å². The van der Waals surface area contributed by atoms with Gasteiger partial charge in [-0.1, -0.05) is 31.0 Å². The highest BCUT2D eigenvalue weighted by molar-refractivity contribution is 7.99. The molecular weight excluding hydrogens is 254 g/mol. The third-order valence-electron chi connectivity index (χ3n) is 2.95. The molecule has 1 aromatic rings. The quantitative estimate of drug-likeness (QED) is 0.520. The summed E-state index contributed by atoms with van der Waals surface area (Å²) in [7, 11) is 0. The molecule has 1 aromatic carbocycles. The van der Waals surface area contributed by atoms with Gasteiger partial charge in [-0.3, -0.25) is 0 Å². The van der Waals surface area contributed by atoms with Crippen LogP contribution in [0.5, 0.6) is 0 Å². The number of rotatable bonds is 10. The zero-order chi connectivity index (χ0) is 13.9. The van der Waals surface area contributed by atoms with E-state index in [0.29, 0.717) is 0 Å². The first kappa shape index (κ1) is 16.5. The summed E-state index contributed by atoms with van der Waals surface area (Å²) in [5, 5.41) is 3.42. The van der Waals surface area contributed by atoms with Crippen LogP contribution in [0.25, 0.3) is 0 Å². The summed E-state index contributed by atoms with van der Waals surface area (Å²) in [6.07, 6.45) is 2.38. The first-order chi connectivity index (χ1) is 9.24. The normalized spacial score (nSPS) is 10.9. The molecule has 0 atom stereocenters. The van der Waals surface area contributed by atoms with E-state index in [1.165, 1.54) is 28.9 Å². The van der Waals surface area contributed by atoms with Crippen LogP contribution in [0.2, 0.25) is 0 Å². The fraction of sp³-hybridized carbons (Fsp3) is 0.625. The summed E-state index contributed by atoms with van der Waals surface area (Å²) < 4.78 is 5.50. The van der Waals surface area contributed by atoms with Gasteiger partial charge in [0, 0.05) is 30.3 Å². The predicted molar refractivity (Wildman–Crippen MR) is 85.2 cm³/mol. The molecule has 0 amide bonds. The van der Waals surface area contributed by atoms with Crippen molar-refractivity contribution in [2.75, 3.05) is 32.1 Å². The summed E-state index contributed by atoms with van der Waals surface area (Å²) in [6, 6.07) is 6.64. The number of aryl methyl sites for hydroxylation is 2. The lowest BCUT2D eigenvalue weighted by atomic mass is 10.2. The highest BCUT2D eigenvalue weighted by Crippen LogP contribution is 2.22. The maximum atomic E-state index is 5.50. The molecule has 19 heavy (non-hydrogen) atoms. The highest BCUT2D eigenvalue weighted by atomic mass is 32.2. The van der Waals surface area contributed by atoms with Crippen LogP contribution in [0, 0.1) is 13.8 Å². The van der Waals surface area contributed by atoms with Crippen molar-refractivity contribution in [2.24, 2.45) is 0 Å². The van der Waals surface area contributed by atoms with Crippen molar-refractivity contribution in [1.82, 2.24) is 5.32 Å². The van der Waals surface area contributed by atoms with Crippen molar-refractivity contribution in [1.29, 1.82) is 0 Å². The summed E-state index contributed by atoms with van der Waals surface area (Å²) in [4.78, 5) is 1.40. The van der Waals surface area contributed by atoms with Crippen LogP contribution >= 0.6 is 11.8 Å². The van der Waals surface area contributed by atoms with Crippen molar-refractivity contribution in [3.05, 3.63) is 29.3 Å². The van der Waals surface area contributed by atoms with Crippen LogP contribution in [0.3, 0.4) is 0 Å². The van der Waals surface area contributed by atoms with Crippen LogP contribution in [0.1, 0.15) is 30.9 Å². The molecule has 3 heteroatoms. The highest BCUT2D eigenvalue weighted by Gasteiger charge is 1.99. The Balaban J connectivity index is 2.03. The van der Waals surface area contributed by atoms with Gasteiger partial charge >= 0.3 is 0 Å². The first-order valence-electron chi connectivity index (χ1n) is 7.22. The molecule has 0 aliphatic carbocycles. The van der Waals surface area contributed by atoms with E-state index < -0.39 is 0 Å². The van der Waals surface area contributed by atoms with Gasteiger partial charge < -0.3 is 10.1 Å². The van der Waals surface area contributed by atoms with Gasteiger partial charge in [0.25, 0.3) is 0 Å². The van der Waals surface area contributed by atoms with E-state index in [-0.39, 0.29) is 0 Å². The second kappa shape index (κ2) is 10.3. The zero-order valence-corrected chi connectivity index (χ0v) is 13.3. The number of unbranched alkanes of at least 4 members (excludes halogenated alkanes) is 1. The number of ether oxygens (including phenoxy) is 1. The van der Waals surface area contributed by atoms with E-state index in [1.54, 1.807) is 0 Å². The Bertz CT molecular complexity index is 355. The van der Waals surface area contributed by atoms with Gasteiger partial charge in [0.05, 0.1) is 6.61 Å². The lowest BCUT2D eigenvalue weighted by Gasteiger charge is -2.08. The Labute approximate surface area is 122 Å². The van der Waals surface area contributed by atoms with Gasteiger partial charge in [-0.25, -0.2) is 0 Å². The monoisotopic (exact) mass is 281 g/mol. The van der Waals surface area contributed by atoms with E-state index >= 15 is 0 Å². The van der Waals surface area contributed by atoms with E-state index in [0.717, 1.165) is 32.1 Å². The third kappa shape index (κ3) is 7.61. The largest absolute Gasteiger partial charge is 0.380 e. The first-order valence-corrected chi connectivity index (χ1v) is 8.21. The molecule has 0 saturated carbocycles. The molecule has 0 saturated heterocycles. The summed E-state index contributed by atoms with van der Waals surface area (Å²) in [5.74, 6) is 1.11. The summed E-state index contributed by atoms with van der Waals surface area (Å²) >= 11 is 1.93. The van der Waals surface area contributed by atoms with Crippen LogP contribution in [0.4, 0.5) is 0 Å². The number of hydrogen-bond acceptors (Lipinski definition) is 3. The standard InChI is InChI=1S/C16H27NOS/c1-4-5-10-18-11-8-17-9-12-19-16-13-14(2)6-7-15(16)3/h6-7,13,17H,4-5,8-12H2,1-3H3. The summed E-state index contributed by atoms with van der Waals surface area (Å²) in [6.45, 7) is 10.2. The van der Waals surface area contributed by atoms with Crippen LogP contribution < -0.4 is 5.32 Å². The van der Waals surface area contributed by atoms with E-state index in [9.17, 15) is 0 Å². The Morgan fingerprint density at radius 1 is 1.16 bits per heavy atom. The molecule has 0 aliphatic heterocycles. The number of thioether (sulfide) groups is 1. The predicted octanol–water partition coefficient (Wildman–Crippen LogP) is 3.80. The molecule has 0 unspecified atom stereocenters. The minimum absolute atomic E-state index is 0.828. The number of hydrogen-bond donors (Lipinski definition) is 1. The number of benzene rings is 1. The molecule has 0 spiro atoms. The van der Waals surface area contributed by atoms with Crippen molar-refractivity contribution in [2.45, 2.75) is 38.5 Å². The average molecular weight is 281 g/mol. The fourth-order valence-electron chi connectivity index (χ4n) is 1.71. The van der Waals surface area contributed by atoms with Gasteiger partial charge in [0.15, 0.2) is 0 Å². The smallest absolute Gasteiger partial charge is 0.0590 e. The van der Waals surface area contributed by atoms with Crippen molar-refractivity contribution in [3.63, 3.8) is 0 Å². The number of nitrogens with one attached hydrogen (secondary N) is 1. The minimum Gasteiger partial charge on any atom is -0.380 e. The van der Waals surface area contributed by atoms with E-state index in [4.69, 9.17) is 4.74 Å². The molecule has 0 aromatic heterocycles. The molecule has 0 aliphatic rings. The van der Waals surface area contributed by atoms with Crippen LogP contribution in [0.15, 0.2) is 23.1 Å². The second-order valence-electron chi connectivity index (χ2n) is 4.83.